The highest BCUT2D eigenvalue weighted by atomic mass is 15.1. The fraction of sp³-hybridized carbons (Fsp3) is 0.364. The van der Waals surface area contributed by atoms with Gasteiger partial charge in [-0.15, -0.1) is 0 Å². The molecule has 2 aliphatic rings. The van der Waals surface area contributed by atoms with Gasteiger partial charge in [0.15, 0.2) is 0 Å². The maximum Gasteiger partial charge on any atom is 0.119 e. The monoisotopic (exact) mass is 202 g/mol. The van der Waals surface area contributed by atoms with Crippen molar-refractivity contribution in [2.24, 2.45) is 5.73 Å². The van der Waals surface area contributed by atoms with Crippen molar-refractivity contribution in [3.05, 3.63) is 34.9 Å². The van der Waals surface area contributed by atoms with E-state index in [0.29, 0.717) is 11.4 Å². The van der Waals surface area contributed by atoms with Gasteiger partial charge in [-0.1, -0.05) is 6.92 Å². The number of nitrogens with two attached hydrogens (primary N) is 1. The Bertz CT molecular complexity index is 409. The first-order valence-electron chi connectivity index (χ1n) is 5.08. The Balaban J connectivity index is 2.30. The molecule has 0 aromatic rings. The molecule has 2 heterocycles. The van der Waals surface area contributed by atoms with Gasteiger partial charge in [0.1, 0.15) is 17.5 Å². The number of nitriles is 1. The van der Waals surface area contributed by atoms with Crippen LogP contribution in [0.25, 0.3) is 0 Å². The maximum absolute atomic E-state index is 9.01. The summed E-state index contributed by atoms with van der Waals surface area (Å²) in [5, 5.41) is 11.9. The first-order chi connectivity index (χ1) is 7.26. The Morgan fingerprint density at radius 3 is 3.13 bits per heavy atom. The van der Waals surface area contributed by atoms with Crippen molar-refractivity contribution < 1.29 is 0 Å². The van der Waals surface area contributed by atoms with Crippen molar-refractivity contribution >= 4 is 0 Å². The number of dihydropyridines is 1. The average Bonchev–Trinajstić information content (AvgIpc) is 2.61. The lowest BCUT2D eigenvalue weighted by Gasteiger charge is -2.15. The van der Waals surface area contributed by atoms with Crippen LogP contribution in [0.4, 0.5) is 0 Å². The highest BCUT2D eigenvalue weighted by molar-refractivity contribution is 5.59. The molecule has 15 heavy (non-hydrogen) atoms. The summed E-state index contributed by atoms with van der Waals surface area (Å²) in [4.78, 5) is 2.21. The van der Waals surface area contributed by atoms with Gasteiger partial charge in [0.25, 0.3) is 0 Å². The Hall–Kier alpha value is -1.89. The quantitative estimate of drug-likeness (QED) is 0.694. The average molecular weight is 202 g/mol. The van der Waals surface area contributed by atoms with Gasteiger partial charge in [0.2, 0.25) is 0 Å². The van der Waals surface area contributed by atoms with Crippen LogP contribution in [0.15, 0.2) is 34.9 Å². The zero-order chi connectivity index (χ0) is 10.8. The third-order valence-electron chi connectivity index (χ3n) is 2.59. The zero-order valence-corrected chi connectivity index (χ0v) is 8.75. The molecule has 0 saturated carbocycles. The smallest absolute Gasteiger partial charge is 0.119 e. The van der Waals surface area contributed by atoms with Gasteiger partial charge in [-0.2, -0.15) is 5.26 Å². The maximum atomic E-state index is 9.01. The van der Waals surface area contributed by atoms with E-state index in [-0.39, 0.29) is 0 Å². The van der Waals surface area contributed by atoms with Crippen LogP contribution in [0.1, 0.15) is 13.3 Å². The van der Waals surface area contributed by atoms with Gasteiger partial charge >= 0.3 is 0 Å². The number of hydrogen-bond acceptors (Lipinski definition) is 4. The molecule has 0 atom stereocenters. The minimum Gasteiger partial charge on any atom is -0.384 e. The lowest BCUT2D eigenvalue weighted by Crippen LogP contribution is -2.23. The van der Waals surface area contributed by atoms with Gasteiger partial charge in [-0.3, -0.25) is 0 Å². The molecular weight excluding hydrogens is 188 g/mol. The lowest BCUT2D eigenvalue weighted by molar-refractivity contribution is 0.424. The molecule has 0 radical (unpaired) electrons. The summed E-state index contributed by atoms with van der Waals surface area (Å²) in [6.45, 7) is 4.02. The lowest BCUT2D eigenvalue weighted by atomic mass is 10.0. The fourth-order valence-electron chi connectivity index (χ4n) is 1.90. The van der Waals surface area contributed by atoms with Crippen LogP contribution >= 0.6 is 0 Å². The molecule has 2 aliphatic heterocycles. The van der Waals surface area contributed by atoms with Gasteiger partial charge in [-0.05, 0) is 12.0 Å². The molecule has 0 aromatic carbocycles. The normalized spacial score (nSPS) is 19.1. The summed E-state index contributed by atoms with van der Waals surface area (Å²) in [6.07, 6.45) is 5.02. The van der Waals surface area contributed by atoms with E-state index in [1.54, 1.807) is 0 Å². The summed E-state index contributed by atoms with van der Waals surface area (Å²) >= 11 is 0. The number of fused-ring (bicyclic) bond motifs is 1. The molecule has 3 N–H and O–H groups in total. The summed E-state index contributed by atoms with van der Waals surface area (Å²) in [7, 11) is 0. The fourth-order valence-corrected chi connectivity index (χ4v) is 1.90. The van der Waals surface area contributed by atoms with Crippen LogP contribution in [-0.2, 0) is 0 Å². The summed E-state index contributed by atoms with van der Waals surface area (Å²) in [6, 6.07) is 2.14. The van der Waals surface area contributed by atoms with Crippen LogP contribution in [0.3, 0.4) is 0 Å². The summed E-state index contributed by atoms with van der Waals surface area (Å²) in [5.41, 5.74) is 8.39. The highest BCUT2D eigenvalue weighted by Crippen LogP contribution is 2.29. The largest absolute Gasteiger partial charge is 0.384 e. The molecule has 78 valence electrons. The molecule has 0 bridgehead atoms. The molecule has 0 fully saturated rings. The van der Waals surface area contributed by atoms with E-state index in [0.717, 1.165) is 30.7 Å². The van der Waals surface area contributed by atoms with Crippen LogP contribution in [0.2, 0.25) is 0 Å². The van der Waals surface area contributed by atoms with E-state index in [9.17, 15) is 0 Å². The summed E-state index contributed by atoms with van der Waals surface area (Å²) < 4.78 is 0. The molecule has 0 aromatic heterocycles. The number of allylic oxidation sites excluding steroid dienone is 1. The van der Waals surface area contributed by atoms with Crippen molar-refractivity contribution in [3.63, 3.8) is 0 Å². The van der Waals surface area contributed by atoms with Gasteiger partial charge in [0, 0.05) is 31.1 Å². The van der Waals surface area contributed by atoms with E-state index >= 15 is 0 Å². The van der Waals surface area contributed by atoms with Crippen molar-refractivity contribution in [3.8, 4) is 6.07 Å². The number of rotatable bonds is 2. The van der Waals surface area contributed by atoms with E-state index in [2.05, 4.69) is 23.2 Å². The second-order valence-corrected chi connectivity index (χ2v) is 3.73. The van der Waals surface area contributed by atoms with E-state index < -0.39 is 0 Å². The standard InChI is InChI=1S/C11H14N4/c1-2-3-15-6-8-5-14-11(13)9(4-12)10(8)7-15/h5,7,14H,2-3,6,13H2,1H3. The SMILES string of the molecule is CCCN1C=C2C(=CNC(N)=C2C#N)C1. The van der Waals surface area contributed by atoms with E-state index in [1.165, 1.54) is 0 Å². The predicted molar refractivity (Wildman–Crippen MR) is 58.0 cm³/mol. The van der Waals surface area contributed by atoms with Crippen LogP contribution < -0.4 is 11.1 Å². The minimum absolute atomic E-state index is 0.450. The van der Waals surface area contributed by atoms with Gasteiger partial charge in [0.05, 0.1) is 0 Å². The minimum atomic E-state index is 0.450. The number of hydrogen-bond donors (Lipinski definition) is 2. The third-order valence-corrected chi connectivity index (χ3v) is 2.59. The first kappa shape index (κ1) is 9.66. The zero-order valence-electron chi connectivity index (χ0n) is 8.75. The predicted octanol–water partition coefficient (Wildman–Crippen LogP) is 0.777. The van der Waals surface area contributed by atoms with Crippen molar-refractivity contribution in [1.29, 1.82) is 5.26 Å². The second-order valence-electron chi connectivity index (χ2n) is 3.73. The molecular formula is C11H14N4. The highest BCUT2D eigenvalue weighted by Gasteiger charge is 2.25. The number of nitrogens with one attached hydrogen (secondary N) is 1. The van der Waals surface area contributed by atoms with Crippen LogP contribution in [0.5, 0.6) is 0 Å². The van der Waals surface area contributed by atoms with E-state index in [4.69, 9.17) is 11.0 Å². The molecule has 0 amide bonds. The Kier molecular flexibility index (Phi) is 2.38. The Morgan fingerprint density at radius 1 is 1.67 bits per heavy atom. The Labute approximate surface area is 89.4 Å². The molecule has 0 spiro atoms. The molecule has 4 nitrogen and oxygen atoms in total. The van der Waals surface area contributed by atoms with Crippen LogP contribution in [0, 0.1) is 11.3 Å². The van der Waals surface area contributed by atoms with E-state index in [1.807, 2.05) is 12.4 Å². The van der Waals surface area contributed by atoms with Gasteiger partial charge in [-0.25, -0.2) is 0 Å². The van der Waals surface area contributed by atoms with Crippen molar-refractivity contribution in [2.75, 3.05) is 13.1 Å². The molecule has 0 aliphatic carbocycles. The number of nitrogens with zero attached hydrogens (tertiary/aromatic N) is 2. The second kappa shape index (κ2) is 3.70. The first-order valence-corrected chi connectivity index (χ1v) is 5.08. The van der Waals surface area contributed by atoms with Crippen LogP contribution in [-0.4, -0.2) is 18.0 Å². The van der Waals surface area contributed by atoms with Crippen molar-refractivity contribution in [2.45, 2.75) is 13.3 Å². The molecule has 2 rings (SSSR count). The van der Waals surface area contributed by atoms with Crippen molar-refractivity contribution in [1.82, 2.24) is 10.2 Å². The topological polar surface area (TPSA) is 65.1 Å². The van der Waals surface area contributed by atoms with Gasteiger partial charge < -0.3 is 16.0 Å². The molecule has 4 heteroatoms. The third kappa shape index (κ3) is 1.57. The molecule has 0 unspecified atom stereocenters. The Morgan fingerprint density at radius 2 is 2.47 bits per heavy atom. The molecule has 0 saturated heterocycles. The summed E-state index contributed by atoms with van der Waals surface area (Å²) in [5.74, 6) is 0.450.